The molecule has 0 saturated heterocycles. The Balaban J connectivity index is 1.77. The van der Waals surface area contributed by atoms with Crippen molar-refractivity contribution >= 4 is 23.2 Å². The Labute approximate surface area is 150 Å². The highest BCUT2D eigenvalue weighted by atomic mass is 32.1. The highest BCUT2D eigenvalue weighted by Gasteiger charge is 2.41. The van der Waals surface area contributed by atoms with E-state index >= 15 is 0 Å². The number of thiazole rings is 1. The van der Waals surface area contributed by atoms with E-state index in [9.17, 15) is 9.59 Å². The highest BCUT2D eigenvalue weighted by molar-refractivity contribution is 7.13. The number of nitrogens with zero attached hydrogens (tertiary/aromatic N) is 3. The van der Waals surface area contributed by atoms with Crippen LogP contribution in [0, 0.1) is 0 Å². The quantitative estimate of drug-likeness (QED) is 0.854. The van der Waals surface area contributed by atoms with Crippen molar-refractivity contribution in [2.45, 2.75) is 44.6 Å². The van der Waals surface area contributed by atoms with Crippen molar-refractivity contribution in [1.29, 1.82) is 0 Å². The molecule has 0 unspecified atom stereocenters. The minimum Gasteiger partial charge on any atom is -0.354 e. The van der Waals surface area contributed by atoms with Crippen LogP contribution in [0.1, 0.15) is 49.5 Å². The maximum Gasteiger partial charge on any atom is 0.271 e. The standard InChI is InChI=1S/C17H23N5O2S/c1-3-18-16(24)17(7-5-4-6-8-17)21-14(23)13-11-25-15(20-13)12-9-19-22(2)10-12/h9-11H,3-8H2,1-2H3,(H,18,24)(H,21,23). The molecule has 2 aromatic rings. The summed E-state index contributed by atoms with van der Waals surface area (Å²) in [5.41, 5.74) is 0.407. The molecule has 2 amide bonds. The predicted molar refractivity (Wildman–Crippen MR) is 96.3 cm³/mol. The van der Waals surface area contributed by atoms with Gasteiger partial charge in [-0.2, -0.15) is 5.10 Å². The Hall–Kier alpha value is -2.22. The van der Waals surface area contributed by atoms with Crippen LogP contribution >= 0.6 is 11.3 Å². The molecule has 25 heavy (non-hydrogen) atoms. The van der Waals surface area contributed by atoms with Gasteiger partial charge in [0.25, 0.3) is 5.91 Å². The molecule has 0 radical (unpaired) electrons. The van der Waals surface area contributed by atoms with E-state index in [0.717, 1.165) is 29.8 Å². The number of nitrogens with one attached hydrogen (secondary N) is 2. The minimum absolute atomic E-state index is 0.0919. The molecular formula is C17H23N5O2S. The molecule has 0 aromatic carbocycles. The molecule has 0 atom stereocenters. The number of carbonyl (C=O) groups is 2. The first-order valence-corrected chi connectivity index (χ1v) is 9.47. The number of rotatable bonds is 5. The lowest BCUT2D eigenvalue weighted by molar-refractivity contribution is -0.128. The summed E-state index contributed by atoms with van der Waals surface area (Å²) in [5, 5.41) is 12.4. The highest BCUT2D eigenvalue weighted by Crippen LogP contribution is 2.29. The lowest BCUT2D eigenvalue weighted by Crippen LogP contribution is -2.59. The maximum absolute atomic E-state index is 12.7. The molecule has 1 aliphatic carbocycles. The second-order valence-electron chi connectivity index (χ2n) is 6.40. The van der Waals surface area contributed by atoms with Crippen molar-refractivity contribution in [2.24, 2.45) is 7.05 Å². The van der Waals surface area contributed by atoms with Gasteiger partial charge in [-0.25, -0.2) is 4.98 Å². The Morgan fingerprint density at radius 3 is 2.72 bits per heavy atom. The number of hydrogen-bond donors (Lipinski definition) is 2. The van der Waals surface area contributed by atoms with Crippen molar-refractivity contribution in [2.75, 3.05) is 6.54 Å². The summed E-state index contributed by atoms with van der Waals surface area (Å²) in [6.07, 6.45) is 7.90. The van der Waals surface area contributed by atoms with Gasteiger partial charge in [-0.05, 0) is 19.8 Å². The van der Waals surface area contributed by atoms with E-state index in [-0.39, 0.29) is 11.8 Å². The summed E-state index contributed by atoms with van der Waals surface area (Å²) in [5.74, 6) is -0.384. The molecule has 8 heteroatoms. The summed E-state index contributed by atoms with van der Waals surface area (Å²) in [4.78, 5) is 29.7. The van der Waals surface area contributed by atoms with E-state index in [2.05, 4.69) is 20.7 Å². The number of carbonyl (C=O) groups excluding carboxylic acids is 2. The number of aromatic nitrogens is 3. The second kappa shape index (κ2) is 7.35. The van der Waals surface area contributed by atoms with Crippen LogP contribution < -0.4 is 10.6 Å². The third kappa shape index (κ3) is 3.73. The third-order valence-electron chi connectivity index (χ3n) is 4.52. The van der Waals surface area contributed by atoms with Crippen LogP contribution in [-0.2, 0) is 11.8 Å². The number of likely N-dealkylation sites (N-methyl/N-ethyl adjacent to an activating group) is 1. The summed E-state index contributed by atoms with van der Waals surface area (Å²) >= 11 is 1.40. The van der Waals surface area contributed by atoms with Gasteiger partial charge in [-0.15, -0.1) is 11.3 Å². The predicted octanol–water partition coefficient (Wildman–Crippen LogP) is 2.11. The van der Waals surface area contributed by atoms with E-state index in [0.29, 0.717) is 25.1 Å². The first-order chi connectivity index (χ1) is 12.0. The average Bonchev–Trinajstić information content (AvgIpc) is 3.25. The Bertz CT molecular complexity index is 761. The fraction of sp³-hybridized carbons (Fsp3) is 0.529. The zero-order valence-electron chi connectivity index (χ0n) is 14.5. The monoisotopic (exact) mass is 361 g/mol. The van der Waals surface area contributed by atoms with E-state index in [4.69, 9.17) is 0 Å². The molecule has 2 aromatic heterocycles. The Morgan fingerprint density at radius 1 is 1.32 bits per heavy atom. The summed E-state index contributed by atoms with van der Waals surface area (Å²) in [6.45, 7) is 2.44. The molecule has 0 bridgehead atoms. The Kier molecular flexibility index (Phi) is 5.17. The van der Waals surface area contributed by atoms with E-state index < -0.39 is 5.54 Å². The zero-order valence-corrected chi connectivity index (χ0v) is 15.4. The van der Waals surface area contributed by atoms with Crippen LogP contribution in [-0.4, -0.2) is 38.7 Å². The molecule has 2 heterocycles. The van der Waals surface area contributed by atoms with Gasteiger partial charge in [0, 0.05) is 30.7 Å². The Morgan fingerprint density at radius 2 is 2.08 bits per heavy atom. The lowest BCUT2D eigenvalue weighted by atomic mass is 9.80. The van der Waals surface area contributed by atoms with Gasteiger partial charge in [0.05, 0.1) is 6.20 Å². The molecule has 1 fully saturated rings. The molecule has 3 rings (SSSR count). The van der Waals surface area contributed by atoms with Gasteiger partial charge in [0.15, 0.2) is 0 Å². The van der Waals surface area contributed by atoms with Gasteiger partial charge in [0.1, 0.15) is 16.2 Å². The SMILES string of the molecule is CCNC(=O)C1(NC(=O)c2csc(-c3cnn(C)c3)n2)CCCCC1. The molecule has 7 nitrogen and oxygen atoms in total. The van der Waals surface area contributed by atoms with Crippen LogP contribution in [0.4, 0.5) is 0 Å². The fourth-order valence-corrected chi connectivity index (χ4v) is 3.99. The maximum atomic E-state index is 12.7. The number of amides is 2. The van der Waals surface area contributed by atoms with Gasteiger partial charge >= 0.3 is 0 Å². The van der Waals surface area contributed by atoms with Crippen LogP contribution in [0.25, 0.3) is 10.6 Å². The molecule has 0 spiro atoms. The summed E-state index contributed by atoms with van der Waals surface area (Å²) in [6, 6.07) is 0. The van der Waals surface area contributed by atoms with Crippen molar-refractivity contribution in [3.05, 3.63) is 23.5 Å². The second-order valence-corrected chi connectivity index (χ2v) is 7.26. The molecule has 134 valence electrons. The topological polar surface area (TPSA) is 88.9 Å². The first kappa shape index (κ1) is 17.6. The molecule has 1 aliphatic rings. The van der Waals surface area contributed by atoms with Crippen LogP contribution in [0.5, 0.6) is 0 Å². The van der Waals surface area contributed by atoms with Gasteiger partial charge in [0.2, 0.25) is 5.91 Å². The van der Waals surface area contributed by atoms with Crippen LogP contribution in [0.3, 0.4) is 0 Å². The fourth-order valence-electron chi connectivity index (χ4n) is 3.22. The van der Waals surface area contributed by atoms with Gasteiger partial charge in [-0.3, -0.25) is 14.3 Å². The minimum atomic E-state index is -0.816. The van der Waals surface area contributed by atoms with E-state index in [1.165, 1.54) is 11.3 Å². The molecule has 1 saturated carbocycles. The van der Waals surface area contributed by atoms with Crippen LogP contribution in [0.15, 0.2) is 17.8 Å². The van der Waals surface area contributed by atoms with Gasteiger partial charge < -0.3 is 10.6 Å². The van der Waals surface area contributed by atoms with Crippen molar-refractivity contribution in [3.63, 3.8) is 0 Å². The normalized spacial score (nSPS) is 16.4. The number of aryl methyl sites for hydroxylation is 1. The number of hydrogen-bond acceptors (Lipinski definition) is 5. The van der Waals surface area contributed by atoms with E-state index in [1.54, 1.807) is 16.3 Å². The van der Waals surface area contributed by atoms with Crippen molar-refractivity contribution < 1.29 is 9.59 Å². The van der Waals surface area contributed by atoms with Crippen molar-refractivity contribution in [3.8, 4) is 10.6 Å². The molecule has 2 N–H and O–H groups in total. The van der Waals surface area contributed by atoms with Crippen LogP contribution in [0.2, 0.25) is 0 Å². The summed E-state index contributed by atoms with van der Waals surface area (Å²) < 4.78 is 1.70. The van der Waals surface area contributed by atoms with Gasteiger partial charge in [-0.1, -0.05) is 19.3 Å². The largest absolute Gasteiger partial charge is 0.354 e. The molecular weight excluding hydrogens is 338 g/mol. The molecule has 0 aliphatic heterocycles. The summed E-state index contributed by atoms with van der Waals surface area (Å²) in [7, 11) is 1.84. The third-order valence-corrected chi connectivity index (χ3v) is 5.41. The lowest BCUT2D eigenvalue weighted by Gasteiger charge is -2.36. The average molecular weight is 361 g/mol. The van der Waals surface area contributed by atoms with Crippen molar-refractivity contribution in [1.82, 2.24) is 25.4 Å². The zero-order chi connectivity index (χ0) is 17.9. The van der Waals surface area contributed by atoms with E-state index in [1.807, 2.05) is 20.2 Å². The first-order valence-electron chi connectivity index (χ1n) is 8.59. The smallest absolute Gasteiger partial charge is 0.271 e.